The first-order valence-electron chi connectivity index (χ1n) is 22.3. The summed E-state index contributed by atoms with van der Waals surface area (Å²) < 4.78 is 46.1. The van der Waals surface area contributed by atoms with Gasteiger partial charge in [-0.15, -0.1) is 11.3 Å². The number of thiazole rings is 1. The predicted molar refractivity (Wildman–Crippen MR) is 239 cm³/mol. The number of sulfonamides is 1. The van der Waals surface area contributed by atoms with Gasteiger partial charge >= 0.3 is 6.09 Å². The van der Waals surface area contributed by atoms with Gasteiger partial charge in [0, 0.05) is 40.8 Å². The van der Waals surface area contributed by atoms with Gasteiger partial charge in [-0.05, 0) is 104 Å². The smallest absolute Gasteiger partial charge is 0.408 e. The number of nitrogens with zero attached hydrogens (tertiary/aromatic N) is 3. The summed E-state index contributed by atoms with van der Waals surface area (Å²) in [4.78, 5) is 68.2. The number of carbonyl (C=O) groups excluding carboxylic acids is 4. The molecule has 340 valence electrons. The van der Waals surface area contributed by atoms with E-state index >= 15 is 0 Å². The fraction of sp³-hybridized carbons (Fsp3) is 0.600. The number of rotatable bonds is 11. The van der Waals surface area contributed by atoms with Gasteiger partial charge < -0.3 is 35.1 Å². The molecule has 1 saturated heterocycles. The summed E-state index contributed by atoms with van der Waals surface area (Å²) in [7, 11) is -2.42. The molecule has 3 saturated carbocycles. The molecule has 2 aromatic heterocycles. The number of pyridine rings is 1. The maximum absolute atomic E-state index is 14.8. The second kappa shape index (κ2) is 17.9. The SMILES string of the molecule is COc1ccc2c(O[C@@H]3C[C@H]4C(=O)NC5(C(=O)NS(=O)(=O)C6(C)CC6)C[C@@H]5/C=C\CCCCC[C@H](NC(=O)OC5CCCC5)C(=O)N4C3)cc(-c3csc(NC(C)C)n3)nc2c1C. The highest BCUT2D eigenvalue weighted by Crippen LogP contribution is 2.48. The molecule has 5 aliphatic rings. The number of benzene rings is 1. The van der Waals surface area contributed by atoms with Gasteiger partial charge in [0.15, 0.2) is 5.13 Å². The molecule has 0 radical (unpaired) electrons. The van der Waals surface area contributed by atoms with E-state index in [1.807, 2.05) is 56.5 Å². The number of alkyl carbamates (subject to hydrolysis) is 1. The second-order valence-corrected chi connectivity index (χ2v) is 21.4. The molecule has 4 heterocycles. The number of amides is 4. The van der Waals surface area contributed by atoms with E-state index in [1.54, 1.807) is 14.0 Å². The lowest BCUT2D eigenvalue weighted by Crippen LogP contribution is -2.58. The van der Waals surface area contributed by atoms with Crippen LogP contribution in [0.15, 0.2) is 35.7 Å². The quantitative estimate of drug-likeness (QED) is 0.157. The summed E-state index contributed by atoms with van der Waals surface area (Å²) >= 11 is 1.46. The molecule has 18 heteroatoms. The van der Waals surface area contributed by atoms with Crippen molar-refractivity contribution < 1.29 is 41.8 Å². The van der Waals surface area contributed by atoms with Crippen LogP contribution in [0, 0.1) is 12.8 Å². The molecule has 3 aromatic rings. The third kappa shape index (κ3) is 9.47. The third-order valence-corrected chi connectivity index (χ3v) is 16.1. The molecule has 0 spiro atoms. The van der Waals surface area contributed by atoms with Gasteiger partial charge in [0.2, 0.25) is 21.8 Å². The topological polar surface area (TPSA) is 207 Å². The van der Waals surface area contributed by atoms with E-state index in [2.05, 4.69) is 20.7 Å². The van der Waals surface area contributed by atoms with Gasteiger partial charge in [-0.1, -0.05) is 25.0 Å². The first-order valence-corrected chi connectivity index (χ1v) is 24.7. The van der Waals surface area contributed by atoms with E-state index in [9.17, 15) is 27.6 Å². The van der Waals surface area contributed by atoms with Crippen LogP contribution in [0.3, 0.4) is 0 Å². The Morgan fingerprint density at radius 3 is 2.49 bits per heavy atom. The van der Waals surface area contributed by atoms with Crippen LogP contribution in [0.5, 0.6) is 11.5 Å². The number of hydrogen-bond donors (Lipinski definition) is 4. The zero-order valence-corrected chi connectivity index (χ0v) is 38.3. The van der Waals surface area contributed by atoms with Crippen molar-refractivity contribution in [3.63, 3.8) is 0 Å². The van der Waals surface area contributed by atoms with Crippen LogP contribution in [0.25, 0.3) is 22.3 Å². The fourth-order valence-electron chi connectivity index (χ4n) is 8.99. The molecule has 2 aliphatic heterocycles. The zero-order valence-electron chi connectivity index (χ0n) is 36.7. The highest BCUT2D eigenvalue weighted by Gasteiger charge is 2.63. The number of ether oxygens (including phenoxy) is 3. The number of carbonyl (C=O) groups is 4. The predicted octanol–water partition coefficient (Wildman–Crippen LogP) is 6.28. The van der Waals surface area contributed by atoms with Crippen LogP contribution >= 0.6 is 11.3 Å². The summed E-state index contributed by atoms with van der Waals surface area (Å²) in [5.74, 6) is -1.23. The molecule has 1 unspecified atom stereocenters. The Labute approximate surface area is 372 Å². The largest absolute Gasteiger partial charge is 0.496 e. The number of hydrogen-bond acceptors (Lipinski definition) is 13. The summed E-state index contributed by atoms with van der Waals surface area (Å²) in [5.41, 5.74) is 1.09. The zero-order chi connectivity index (χ0) is 44.7. The van der Waals surface area contributed by atoms with Gasteiger partial charge in [0.1, 0.15) is 47.0 Å². The Morgan fingerprint density at radius 1 is 1.00 bits per heavy atom. The van der Waals surface area contributed by atoms with E-state index in [4.69, 9.17) is 24.2 Å². The third-order valence-electron chi connectivity index (χ3n) is 13.2. The van der Waals surface area contributed by atoms with Crippen molar-refractivity contribution in [2.75, 3.05) is 19.0 Å². The van der Waals surface area contributed by atoms with Crippen LogP contribution in [0.2, 0.25) is 0 Å². The number of fused-ring (bicyclic) bond motifs is 3. The van der Waals surface area contributed by atoms with E-state index in [0.717, 1.165) is 49.2 Å². The normalized spacial score (nSPS) is 26.7. The van der Waals surface area contributed by atoms with Crippen molar-refractivity contribution in [2.45, 2.75) is 152 Å². The summed E-state index contributed by atoms with van der Waals surface area (Å²) in [5, 5.41) is 12.5. The minimum atomic E-state index is -4.01. The first kappa shape index (κ1) is 44.6. The van der Waals surface area contributed by atoms with Crippen molar-refractivity contribution in [2.24, 2.45) is 5.92 Å². The maximum atomic E-state index is 14.8. The van der Waals surface area contributed by atoms with Crippen molar-refractivity contribution in [3.8, 4) is 22.9 Å². The Morgan fingerprint density at radius 2 is 1.76 bits per heavy atom. The number of anilines is 1. The molecule has 1 aromatic carbocycles. The molecule has 16 nitrogen and oxygen atoms in total. The average molecular weight is 906 g/mol. The summed E-state index contributed by atoms with van der Waals surface area (Å²) in [6.07, 6.45) is 10.0. The number of aromatic nitrogens is 2. The highest BCUT2D eigenvalue weighted by atomic mass is 32.2. The number of nitrogens with one attached hydrogen (secondary N) is 4. The number of aryl methyl sites for hydroxylation is 1. The van der Waals surface area contributed by atoms with Crippen LogP contribution < -0.4 is 30.1 Å². The molecule has 3 aliphatic carbocycles. The minimum Gasteiger partial charge on any atom is -0.496 e. The Balaban J connectivity index is 1.13. The molecule has 0 bridgehead atoms. The first-order chi connectivity index (χ1) is 30.1. The van der Waals surface area contributed by atoms with Crippen LogP contribution in [0.1, 0.15) is 110 Å². The molecule has 5 atom stereocenters. The molecule has 4 amide bonds. The maximum Gasteiger partial charge on any atom is 0.408 e. The van der Waals surface area contributed by atoms with E-state index in [-0.39, 0.29) is 31.5 Å². The molecular weight excluding hydrogens is 847 g/mol. The lowest BCUT2D eigenvalue weighted by Gasteiger charge is -2.30. The monoisotopic (exact) mass is 905 g/mol. The standard InChI is InChI=1S/C45H59N7O9S2/c1-26(2)46-42-48-34(25-62-42)33-22-37(31-17-18-36(59-5)27(3)38(31)47-33)60-30-21-35-39(53)50-45(41(55)51-63(57,58)44(4)19-20-44)23-28(45)13-9-7-6-8-10-16-32(40(54)52(35)24-30)49-43(56)61-29-14-11-12-15-29/h9,13,17-18,22,25-26,28-30,32,35H,6-8,10-12,14-16,19-21,23-24H2,1-5H3,(H,46,48)(H,49,56)(H,50,53)(H,51,55)/b13-9-/t28-,30+,32-,35-,45?/m0/s1. The van der Waals surface area contributed by atoms with Gasteiger partial charge in [0.05, 0.1) is 29.6 Å². The van der Waals surface area contributed by atoms with Crippen LogP contribution in [0.4, 0.5) is 9.93 Å². The van der Waals surface area contributed by atoms with E-state index in [1.165, 1.54) is 16.2 Å². The number of methoxy groups -OCH3 is 1. The van der Waals surface area contributed by atoms with E-state index < -0.39 is 68.2 Å². The lowest BCUT2D eigenvalue weighted by molar-refractivity contribution is -0.141. The Bertz CT molecular complexity index is 2390. The molecule has 4 fully saturated rings. The van der Waals surface area contributed by atoms with Crippen LogP contribution in [-0.4, -0.2) is 101 Å². The Kier molecular flexibility index (Phi) is 12.7. The average Bonchev–Trinajstić information content (AvgIpc) is 3.85. The van der Waals surface area contributed by atoms with Gasteiger partial charge in [0.25, 0.3) is 5.91 Å². The van der Waals surface area contributed by atoms with Crippen molar-refractivity contribution in [1.29, 1.82) is 0 Å². The highest BCUT2D eigenvalue weighted by molar-refractivity contribution is 7.91. The molecule has 4 N–H and O–H groups in total. The van der Waals surface area contributed by atoms with Crippen LogP contribution in [-0.2, 0) is 29.1 Å². The molecule has 8 rings (SSSR count). The van der Waals surface area contributed by atoms with Gasteiger partial charge in [-0.2, -0.15) is 0 Å². The summed E-state index contributed by atoms with van der Waals surface area (Å²) in [6, 6.07) is 3.56. The molecule has 63 heavy (non-hydrogen) atoms. The lowest BCUT2D eigenvalue weighted by atomic mass is 10.0. The summed E-state index contributed by atoms with van der Waals surface area (Å²) in [6.45, 7) is 7.56. The van der Waals surface area contributed by atoms with E-state index in [0.29, 0.717) is 65.9 Å². The minimum absolute atomic E-state index is 0.0184. The Hall–Kier alpha value is -4.97. The van der Waals surface area contributed by atoms with Crippen molar-refractivity contribution in [1.82, 2.24) is 30.2 Å². The fourth-order valence-corrected chi connectivity index (χ4v) is 11.2. The molecular formula is C45H59N7O9S2. The van der Waals surface area contributed by atoms with Gasteiger partial charge in [-0.25, -0.2) is 23.2 Å². The van der Waals surface area contributed by atoms with Crippen molar-refractivity contribution >= 4 is 61.2 Å². The van der Waals surface area contributed by atoms with Gasteiger partial charge in [-0.3, -0.25) is 19.1 Å². The number of allylic oxidation sites excluding steroid dienone is 1. The van der Waals surface area contributed by atoms with Crippen molar-refractivity contribution in [3.05, 3.63) is 41.3 Å². The second-order valence-electron chi connectivity index (χ2n) is 18.3.